The Morgan fingerprint density at radius 1 is 0.884 bits per heavy atom. The number of amides is 1. The number of carbonyl (C=O) groups is 1. The minimum atomic E-state index is -1.12. The van der Waals surface area contributed by atoms with Gasteiger partial charge in [0.05, 0.1) is 24.4 Å². The average Bonchev–Trinajstić information content (AvgIpc) is 2.92. The van der Waals surface area contributed by atoms with Gasteiger partial charge < -0.3 is 34.3 Å². The van der Waals surface area contributed by atoms with Crippen molar-refractivity contribution < 1.29 is 29.2 Å². The van der Waals surface area contributed by atoms with Crippen molar-refractivity contribution in [1.29, 1.82) is 0 Å². The number of pyridine rings is 1. The van der Waals surface area contributed by atoms with Crippen LogP contribution >= 0.6 is 0 Å². The number of hydrogen-bond acceptors (Lipinski definition) is 7. The van der Waals surface area contributed by atoms with Gasteiger partial charge in [0.1, 0.15) is 17.2 Å². The normalized spacial score (nSPS) is 17.3. The van der Waals surface area contributed by atoms with Crippen LogP contribution in [0.25, 0.3) is 11.1 Å². The number of carbonyl (C=O) groups excluding carboxylic acids is 1. The second-order valence-electron chi connectivity index (χ2n) is 12.6. The number of alkyl carbamates (subject to hydrolysis) is 1. The van der Waals surface area contributed by atoms with Crippen LogP contribution in [0.3, 0.4) is 0 Å². The topological polar surface area (TPSA) is 119 Å². The summed E-state index contributed by atoms with van der Waals surface area (Å²) in [6.07, 6.45) is 3.98. The maximum Gasteiger partial charge on any atom is 0.407 e. The smallest absolute Gasteiger partial charge is 0.407 e. The molecule has 43 heavy (non-hydrogen) atoms. The maximum absolute atomic E-state index is 12.8. The molecule has 1 aliphatic rings. The van der Waals surface area contributed by atoms with Crippen LogP contribution < -0.4 is 20.3 Å². The highest BCUT2D eigenvalue weighted by atomic mass is 16.5. The molecule has 3 aromatic rings. The first-order chi connectivity index (χ1) is 20.1. The number of aryl methyl sites for hydroxylation is 3. The Kier molecular flexibility index (Phi) is 9.27. The molecule has 9 nitrogen and oxygen atoms in total. The predicted octanol–water partition coefficient (Wildman–Crippen LogP) is 5.96. The zero-order valence-corrected chi connectivity index (χ0v) is 26.4. The summed E-state index contributed by atoms with van der Waals surface area (Å²) < 4.78 is 19.3. The zero-order valence-electron chi connectivity index (χ0n) is 26.4. The third kappa shape index (κ3) is 7.58. The molecule has 0 spiro atoms. The fourth-order valence-electron chi connectivity index (χ4n) is 5.43. The van der Waals surface area contributed by atoms with E-state index in [2.05, 4.69) is 5.32 Å². The lowest BCUT2D eigenvalue weighted by molar-refractivity contribution is 0.0780. The summed E-state index contributed by atoms with van der Waals surface area (Å²) in [5.74, 6) is 1.62. The van der Waals surface area contributed by atoms with Crippen LogP contribution in [0.15, 0.2) is 47.4 Å². The van der Waals surface area contributed by atoms with E-state index in [-0.39, 0.29) is 17.7 Å². The number of nitrogens with zero attached hydrogens (tertiary/aromatic N) is 1. The number of hydrogen-bond donors (Lipinski definition) is 3. The predicted molar refractivity (Wildman–Crippen MR) is 166 cm³/mol. The van der Waals surface area contributed by atoms with Gasteiger partial charge in [0.2, 0.25) is 0 Å². The summed E-state index contributed by atoms with van der Waals surface area (Å²) in [7, 11) is 3.03. The first-order valence-electron chi connectivity index (χ1n) is 14.7. The second kappa shape index (κ2) is 12.4. The highest BCUT2D eigenvalue weighted by Gasteiger charge is 2.27. The van der Waals surface area contributed by atoms with Crippen molar-refractivity contribution in [1.82, 2.24) is 9.88 Å². The molecule has 1 saturated carbocycles. The Labute approximate surface area is 253 Å². The molecule has 232 valence electrons. The van der Waals surface area contributed by atoms with Gasteiger partial charge in [-0.1, -0.05) is 6.07 Å². The van der Waals surface area contributed by atoms with Crippen molar-refractivity contribution in [2.75, 3.05) is 7.11 Å². The van der Waals surface area contributed by atoms with Crippen LogP contribution in [0.4, 0.5) is 4.79 Å². The van der Waals surface area contributed by atoms with E-state index in [1.807, 2.05) is 44.2 Å². The van der Waals surface area contributed by atoms with Crippen molar-refractivity contribution >= 4 is 6.09 Å². The Balaban J connectivity index is 1.76. The number of rotatable bonds is 8. The standard InChI is InChI=1S/C34H44N2O7/c1-20-15-23(34(5,6)40)16-21(2)31(20)43-28-14-9-22(33(3,4)39)17-26(28)27-19-36(7)30(37)18-29(27)42-25-12-10-24(11-13-25)35-32(38)41-8/h9,14-19,24-25,39-40H,10-13H2,1-8H3,(H,35,38). The molecule has 0 bridgehead atoms. The lowest BCUT2D eigenvalue weighted by atomic mass is 9.92. The van der Waals surface area contributed by atoms with Crippen LogP contribution in [0.5, 0.6) is 17.2 Å². The molecular formula is C34H44N2O7. The lowest BCUT2D eigenvalue weighted by Gasteiger charge is -2.30. The molecule has 4 rings (SSSR count). The molecule has 0 radical (unpaired) electrons. The quantitative estimate of drug-likeness (QED) is 0.295. The van der Waals surface area contributed by atoms with Gasteiger partial charge in [-0.15, -0.1) is 0 Å². The van der Waals surface area contributed by atoms with E-state index in [9.17, 15) is 19.8 Å². The third-order valence-corrected chi connectivity index (χ3v) is 8.02. The van der Waals surface area contributed by atoms with Gasteiger partial charge in [-0.25, -0.2) is 4.79 Å². The van der Waals surface area contributed by atoms with E-state index in [1.165, 1.54) is 17.7 Å². The summed E-state index contributed by atoms with van der Waals surface area (Å²) in [6, 6.07) is 10.8. The van der Waals surface area contributed by atoms with Gasteiger partial charge in [0.15, 0.2) is 0 Å². The van der Waals surface area contributed by atoms with Gasteiger partial charge in [-0.3, -0.25) is 4.79 Å². The highest BCUT2D eigenvalue weighted by molar-refractivity contribution is 5.76. The largest absolute Gasteiger partial charge is 0.490 e. The average molecular weight is 593 g/mol. The third-order valence-electron chi connectivity index (χ3n) is 8.02. The number of aliphatic hydroxyl groups is 2. The summed E-state index contributed by atoms with van der Waals surface area (Å²) in [6.45, 7) is 10.8. The number of benzene rings is 2. The molecule has 0 saturated heterocycles. The van der Waals surface area contributed by atoms with Crippen molar-refractivity contribution in [2.24, 2.45) is 7.05 Å². The van der Waals surface area contributed by atoms with Crippen molar-refractivity contribution in [3.05, 3.63) is 75.2 Å². The van der Waals surface area contributed by atoms with Gasteiger partial charge >= 0.3 is 6.09 Å². The molecule has 3 N–H and O–H groups in total. The molecule has 1 fully saturated rings. The van der Waals surface area contributed by atoms with Crippen LogP contribution in [-0.4, -0.2) is 40.1 Å². The molecule has 1 aliphatic carbocycles. The fourth-order valence-corrected chi connectivity index (χ4v) is 5.43. The summed E-state index contributed by atoms with van der Waals surface area (Å²) in [5.41, 5.74) is 2.18. The Morgan fingerprint density at radius 2 is 1.49 bits per heavy atom. The number of aromatic nitrogens is 1. The Hall–Kier alpha value is -3.82. The minimum absolute atomic E-state index is 0.00755. The van der Waals surface area contributed by atoms with Gasteiger partial charge in [-0.2, -0.15) is 0 Å². The molecule has 1 heterocycles. The first-order valence-corrected chi connectivity index (χ1v) is 14.7. The Morgan fingerprint density at radius 3 is 2.05 bits per heavy atom. The maximum atomic E-state index is 12.8. The van der Waals surface area contributed by atoms with Crippen LogP contribution in [0.2, 0.25) is 0 Å². The van der Waals surface area contributed by atoms with Crippen LogP contribution in [0.1, 0.15) is 75.6 Å². The van der Waals surface area contributed by atoms with Crippen molar-refractivity contribution in [3.8, 4) is 28.4 Å². The lowest BCUT2D eigenvalue weighted by Crippen LogP contribution is -2.39. The van der Waals surface area contributed by atoms with Crippen LogP contribution in [0, 0.1) is 13.8 Å². The molecular weight excluding hydrogens is 548 g/mol. The van der Waals surface area contributed by atoms with Crippen molar-refractivity contribution in [3.63, 3.8) is 0 Å². The highest BCUT2D eigenvalue weighted by Crippen LogP contribution is 2.42. The minimum Gasteiger partial charge on any atom is -0.490 e. The van der Waals surface area contributed by atoms with E-state index >= 15 is 0 Å². The molecule has 0 aliphatic heterocycles. The SMILES string of the molecule is COC(=O)NC1CCC(Oc2cc(=O)n(C)cc2-c2cc(C(C)(C)O)ccc2Oc2c(C)cc(C(C)(C)O)cc2C)CC1. The summed E-state index contributed by atoms with van der Waals surface area (Å²) >= 11 is 0. The van der Waals surface area contributed by atoms with E-state index < -0.39 is 17.3 Å². The van der Waals surface area contributed by atoms with E-state index in [0.29, 0.717) is 46.8 Å². The number of nitrogens with one attached hydrogen (secondary N) is 1. The van der Waals surface area contributed by atoms with Gasteiger partial charge in [-0.05, 0) is 114 Å². The van der Waals surface area contributed by atoms with Gasteiger partial charge in [0, 0.05) is 36.5 Å². The molecule has 0 unspecified atom stereocenters. The summed E-state index contributed by atoms with van der Waals surface area (Å²) in [4.78, 5) is 24.5. The fraction of sp³-hybridized carbons (Fsp3) is 0.471. The van der Waals surface area contributed by atoms with E-state index in [0.717, 1.165) is 29.5 Å². The first kappa shape index (κ1) is 32.1. The molecule has 1 aromatic heterocycles. The number of ether oxygens (including phenoxy) is 3. The molecule has 0 atom stereocenters. The monoisotopic (exact) mass is 592 g/mol. The molecule has 1 amide bonds. The second-order valence-corrected chi connectivity index (χ2v) is 12.6. The number of methoxy groups -OCH3 is 1. The molecule has 9 heteroatoms. The van der Waals surface area contributed by atoms with E-state index in [4.69, 9.17) is 14.2 Å². The zero-order chi connectivity index (χ0) is 31.7. The van der Waals surface area contributed by atoms with E-state index in [1.54, 1.807) is 40.9 Å². The van der Waals surface area contributed by atoms with Crippen molar-refractivity contribution in [2.45, 2.75) is 90.6 Å². The van der Waals surface area contributed by atoms with Gasteiger partial charge in [0.25, 0.3) is 5.56 Å². The van der Waals surface area contributed by atoms with Crippen LogP contribution in [-0.2, 0) is 23.0 Å². The molecule has 2 aromatic carbocycles. The Bertz CT molecular complexity index is 1510. The summed E-state index contributed by atoms with van der Waals surface area (Å²) in [5, 5.41) is 24.3.